The lowest BCUT2D eigenvalue weighted by molar-refractivity contribution is 0.472. The van der Waals surface area contributed by atoms with Gasteiger partial charge < -0.3 is 15.3 Å². The number of fused-ring (bicyclic) bond motifs is 1. The summed E-state index contributed by atoms with van der Waals surface area (Å²) in [7, 11) is -3.89. The van der Waals surface area contributed by atoms with Gasteiger partial charge in [0.1, 0.15) is 11.3 Å². The number of phenolic OH excluding ortho intramolecular Hbond substituents is 1. The van der Waals surface area contributed by atoms with Crippen LogP contribution in [0, 0.1) is 0 Å². The van der Waals surface area contributed by atoms with Gasteiger partial charge in [0.15, 0.2) is 14.7 Å². The number of anilines is 1. The second-order valence-corrected chi connectivity index (χ2v) is 7.08. The zero-order valence-corrected chi connectivity index (χ0v) is 12.7. The minimum atomic E-state index is -3.89. The van der Waals surface area contributed by atoms with E-state index in [9.17, 15) is 18.3 Å². The standard InChI is InChI=1S/C16H13NO5S/c17-12-3-1-2-10(6-12)9-23(20,21)15-7-11-4-5-13(18)8-14(11)22-16(15)19/h1-8,18H,9,17H2. The summed E-state index contributed by atoms with van der Waals surface area (Å²) in [5.41, 5.74) is 5.72. The molecule has 118 valence electrons. The summed E-state index contributed by atoms with van der Waals surface area (Å²) in [5.74, 6) is -0.428. The van der Waals surface area contributed by atoms with Crippen molar-refractivity contribution in [3.05, 3.63) is 64.5 Å². The first kappa shape index (κ1) is 15.1. The number of hydrogen-bond donors (Lipinski definition) is 2. The molecule has 0 unspecified atom stereocenters. The highest BCUT2D eigenvalue weighted by Crippen LogP contribution is 2.22. The molecule has 1 aromatic heterocycles. The van der Waals surface area contributed by atoms with Crippen LogP contribution in [0.25, 0.3) is 11.0 Å². The lowest BCUT2D eigenvalue weighted by Gasteiger charge is -2.06. The van der Waals surface area contributed by atoms with E-state index in [1.165, 1.54) is 30.3 Å². The molecule has 23 heavy (non-hydrogen) atoms. The van der Waals surface area contributed by atoms with Crippen LogP contribution in [0.3, 0.4) is 0 Å². The van der Waals surface area contributed by atoms with Crippen molar-refractivity contribution < 1.29 is 17.9 Å². The Labute approximate surface area is 131 Å². The summed E-state index contributed by atoms with van der Waals surface area (Å²) in [6.07, 6.45) is 0. The fourth-order valence-corrected chi connectivity index (χ4v) is 3.65. The van der Waals surface area contributed by atoms with Crippen LogP contribution in [0.15, 0.2) is 62.6 Å². The van der Waals surface area contributed by atoms with Crippen LogP contribution in [-0.4, -0.2) is 13.5 Å². The predicted molar refractivity (Wildman–Crippen MR) is 85.9 cm³/mol. The number of sulfone groups is 1. The molecule has 1 heterocycles. The average molecular weight is 331 g/mol. The highest BCUT2D eigenvalue weighted by atomic mass is 32.2. The zero-order valence-electron chi connectivity index (χ0n) is 11.9. The van der Waals surface area contributed by atoms with Crippen molar-refractivity contribution in [3.8, 4) is 5.75 Å². The topological polar surface area (TPSA) is 111 Å². The van der Waals surface area contributed by atoms with Crippen molar-refractivity contribution in [3.63, 3.8) is 0 Å². The molecule has 0 spiro atoms. The SMILES string of the molecule is Nc1cccc(CS(=O)(=O)c2cc3ccc(O)cc3oc2=O)c1. The lowest BCUT2D eigenvalue weighted by Crippen LogP contribution is -2.15. The number of nitrogen functional groups attached to an aromatic ring is 1. The van der Waals surface area contributed by atoms with Gasteiger partial charge in [0, 0.05) is 17.1 Å². The summed E-state index contributed by atoms with van der Waals surface area (Å²) in [6.45, 7) is 0. The van der Waals surface area contributed by atoms with E-state index >= 15 is 0 Å². The summed E-state index contributed by atoms with van der Waals surface area (Å²) in [6, 6.07) is 11.8. The molecule has 0 saturated carbocycles. The Hall–Kier alpha value is -2.80. The van der Waals surface area contributed by atoms with Gasteiger partial charge in [-0.1, -0.05) is 12.1 Å². The molecule has 3 N–H and O–H groups in total. The van der Waals surface area contributed by atoms with E-state index in [0.717, 1.165) is 0 Å². The molecule has 3 rings (SSSR count). The monoisotopic (exact) mass is 331 g/mol. The first-order chi connectivity index (χ1) is 10.8. The first-order valence-electron chi connectivity index (χ1n) is 6.69. The van der Waals surface area contributed by atoms with Gasteiger partial charge in [-0.15, -0.1) is 0 Å². The number of aromatic hydroxyl groups is 1. The molecule has 0 aliphatic heterocycles. The molecule has 6 nitrogen and oxygen atoms in total. The van der Waals surface area contributed by atoms with Crippen molar-refractivity contribution in [1.82, 2.24) is 0 Å². The van der Waals surface area contributed by atoms with Crippen molar-refractivity contribution in [2.24, 2.45) is 0 Å². The number of benzene rings is 2. The molecule has 0 fully saturated rings. The summed E-state index contributed by atoms with van der Waals surface area (Å²) < 4.78 is 30.0. The van der Waals surface area contributed by atoms with Gasteiger partial charge in [-0.25, -0.2) is 13.2 Å². The maximum Gasteiger partial charge on any atom is 0.355 e. The maximum absolute atomic E-state index is 12.5. The van der Waals surface area contributed by atoms with Gasteiger partial charge in [-0.2, -0.15) is 0 Å². The Morgan fingerprint density at radius 2 is 1.87 bits per heavy atom. The van der Waals surface area contributed by atoms with E-state index in [4.69, 9.17) is 10.2 Å². The minimum absolute atomic E-state index is 0.0731. The van der Waals surface area contributed by atoms with Gasteiger partial charge in [0.25, 0.3) is 0 Å². The third-order valence-corrected chi connectivity index (χ3v) is 5.00. The Morgan fingerprint density at radius 3 is 2.61 bits per heavy atom. The van der Waals surface area contributed by atoms with Crippen LogP contribution in [0.4, 0.5) is 5.69 Å². The molecule has 0 aliphatic carbocycles. The van der Waals surface area contributed by atoms with Crippen LogP contribution < -0.4 is 11.4 Å². The normalized spacial score (nSPS) is 11.7. The molecule has 7 heteroatoms. The number of phenols is 1. The number of nitrogens with two attached hydrogens (primary N) is 1. The van der Waals surface area contributed by atoms with Crippen LogP contribution in [0.1, 0.15) is 5.56 Å². The van der Waals surface area contributed by atoms with E-state index in [1.807, 2.05) is 0 Å². The summed E-state index contributed by atoms with van der Waals surface area (Å²) in [5, 5.41) is 9.79. The highest BCUT2D eigenvalue weighted by Gasteiger charge is 2.21. The summed E-state index contributed by atoms with van der Waals surface area (Å²) >= 11 is 0. The van der Waals surface area contributed by atoms with Crippen molar-refractivity contribution >= 4 is 26.5 Å². The van der Waals surface area contributed by atoms with Gasteiger partial charge in [-0.05, 0) is 35.9 Å². The minimum Gasteiger partial charge on any atom is -0.508 e. The molecular formula is C16H13NO5S. The van der Waals surface area contributed by atoms with Gasteiger partial charge in [0.2, 0.25) is 0 Å². The number of hydrogen-bond acceptors (Lipinski definition) is 6. The van der Waals surface area contributed by atoms with Crippen molar-refractivity contribution in [2.75, 3.05) is 5.73 Å². The molecule has 0 atom stereocenters. The Bertz CT molecular complexity index is 1050. The Kier molecular flexibility index (Phi) is 3.57. The third kappa shape index (κ3) is 3.04. The smallest absolute Gasteiger partial charge is 0.355 e. The second kappa shape index (κ2) is 5.44. The van der Waals surface area contributed by atoms with Crippen LogP contribution in [-0.2, 0) is 15.6 Å². The molecule has 0 amide bonds. The second-order valence-electron chi connectivity index (χ2n) is 5.12. The van der Waals surface area contributed by atoms with E-state index in [2.05, 4.69) is 0 Å². The zero-order chi connectivity index (χ0) is 16.6. The quantitative estimate of drug-likeness (QED) is 0.561. The largest absolute Gasteiger partial charge is 0.508 e. The maximum atomic E-state index is 12.5. The Balaban J connectivity index is 2.09. The van der Waals surface area contributed by atoms with Crippen LogP contribution in [0.2, 0.25) is 0 Å². The van der Waals surface area contributed by atoms with Gasteiger partial charge in [0.05, 0.1) is 5.75 Å². The first-order valence-corrected chi connectivity index (χ1v) is 8.34. The third-order valence-electron chi connectivity index (χ3n) is 3.33. The average Bonchev–Trinajstić information content (AvgIpc) is 2.45. The molecule has 0 aliphatic rings. The molecular weight excluding hydrogens is 318 g/mol. The molecule has 2 aromatic carbocycles. The van der Waals surface area contributed by atoms with Gasteiger partial charge >= 0.3 is 5.63 Å². The highest BCUT2D eigenvalue weighted by molar-refractivity contribution is 7.90. The van der Waals surface area contributed by atoms with Crippen LogP contribution >= 0.6 is 0 Å². The predicted octanol–water partition coefficient (Wildman–Crippen LogP) is 2.05. The summed E-state index contributed by atoms with van der Waals surface area (Å²) in [4.78, 5) is 11.6. The molecule has 0 bridgehead atoms. The van der Waals surface area contributed by atoms with Crippen molar-refractivity contribution in [2.45, 2.75) is 10.6 Å². The lowest BCUT2D eigenvalue weighted by atomic mass is 10.2. The number of rotatable bonds is 3. The van der Waals surface area contributed by atoms with Crippen molar-refractivity contribution in [1.29, 1.82) is 0 Å². The molecule has 0 saturated heterocycles. The van der Waals surface area contributed by atoms with E-state index in [-0.39, 0.29) is 17.1 Å². The molecule has 0 radical (unpaired) electrons. The fraction of sp³-hybridized carbons (Fsp3) is 0.0625. The fourth-order valence-electron chi connectivity index (χ4n) is 2.28. The molecule has 3 aromatic rings. The van der Waals surface area contributed by atoms with E-state index in [1.54, 1.807) is 18.2 Å². The van der Waals surface area contributed by atoms with Gasteiger partial charge in [-0.3, -0.25) is 0 Å². The Morgan fingerprint density at radius 1 is 1.09 bits per heavy atom. The van der Waals surface area contributed by atoms with Crippen LogP contribution in [0.5, 0.6) is 5.75 Å². The van der Waals surface area contributed by atoms with E-state index in [0.29, 0.717) is 16.6 Å². The van der Waals surface area contributed by atoms with E-state index < -0.39 is 20.4 Å².